The first-order valence-corrected chi connectivity index (χ1v) is 4.60. The van der Waals surface area contributed by atoms with Crippen LogP contribution in [0.1, 0.15) is 12.5 Å². The van der Waals surface area contributed by atoms with Crippen molar-refractivity contribution in [2.75, 3.05) is 11.9 Å². The molecule has 0 aromatic carbocycles. The van der Waals surface area contributed by atoms with Crippen molar-refractivity contribution in [1.29, 1.82) is 0 Å². The molecular weight excluding hydrogens is 186 g/mol. The molecule has 4 heteroatoms. The van der Waals surface area contributed by atoms with Gasteiger partial charge in [0.15, 0.2) is 0 Å². The van der Waals surface area contributed by atoms with E-state index in [1.54, 1.807) is 6.20 Å². The van der Waals surface area contributed by atoms with Gasteiger partial charge >= 0.3 is 0 Å². The normalized spacial score (nSPS) is 12.6. The monoisotopic (exact) mass is 199 g/mol. The summed E-state index contributed by atoms with van der Waals surface area (Å²) in [7, 11) is 0. The van der Waals surface area contributed by atoms with Gasteiger partial charge in [0.05, 0.1) is 11.9 Å². The first-order valence-electron chi connectivity index (χ1n) is 4.22. The molecule has 1 aromatic rings. The maximum Gasteiger partial charge on any atom is 0.129 e. The highest BCUT2D eigenvalue weighted by atomic mass is 35.5. The molecule has 72 valence electrons. The van der Waals surface area contributed by atoms with Crippen LogP contribution in [0.3, 0.4) is 0 Å². The van der Waals surface area contributed by atoms with Crippen LogP contribution in [0.5, 0.6) is 0 Å². The molecule has 0 amide bonds. The largest absolute Gasteiger partial charge is 0.380 e. The first kappa shape index (κ1) is 10.3. The number of aromatic nitrogens is 1. The highest BCUT2D eigenvalue weighted by Gasteiger charge is 2.02. The summed E-state index contributed by atoms with van der Waals surface area (Å²) >= 11 is 5.72. The Hall–Kier alpha value is -0.800. The van der Waals surface area contributed by atoms with Gasteiger partial charge in [-0.15, -0.1) is 0 Å². The zero-order valence-corrected chi connectivity index (χ0v) is 8.60. The molecule has 1 aromatic heterocycles. The molecule has 13 heavy (non-hydrogen) atoms. The highest BCUT2D eigenvalue weighted by Crippen LogP contribution is 2.17. The van der Waals surface area contributed by atoms with Gasteiger partial charge in [-0.1, -0.05) is 11.6 Å². The minimum absolute atomic E-state index is 0.252. The molecule has 0 aliphatic rings. The Labute approximate surface area is 83.3 Å². The summed E-state index contributed by atoms with van der Waals surface area (Å²) in [5.74, 6) is 0. The van der Waals surface area contributed by atoms with Crippen LogP contribution in [0.25, 0.3) is 0 Å². The quantitative estimate of drug-likeness (QED) is 0.730. The third-order valence-electron chi connectivity index (χ3n) is 1.83. The van der Waals surface area contributed by atoms with Crippen molar-refractivity contribution in [2.24, 2.45) is 5.73 Å². The molecule has 0 bridgehead atoms. The highest BCUT2D eigenvalue weighted by molar-refractivity contribution is 6.29. The zero-order chi connectivity index (χ0) is 9.84. The topological polar surface area (TPSA) is 50.9 Å². The van der Waals surface area contributed by atoms with Gasteiger partial charge < -0.3 is 11.1 Å². The summed E-state index contributed by atoms with van der Waals surface area (Å²) in [6.07, 6.45) is 1.73. The Balaban J connectivity index is 2.77. The van der Waals surface area contributed by atoms with E-state index in [1.165, 1.54) is 0 Å². The van der Waals surface area contributed by atoms with E-state index in [0.717, 1.165) is 11.3 Å². The molecule has 0 aliphatic heterocycles. The molecular formula is C9H14ClN3. The molecule has 1 heterocycles. The second-order valence-corrected chi connectivity index (χ2v) is 3.49. The lowest BCUT2D eigenvalue weighted by atomic mass is 10.2. The van der Waals surface area contributed by atoms with Gasteiger partial charge in [0, 0.05) is 12.6 Å². The number of pyridine rings is 1. The van der Waals surface area contributed by atoms with E-state index in [-0.39, 0.29) is 6.04 Å². The number of hydrogen-bond acceptors (Lipinski definition) is 3. The predicted octanol–water partition coefficient (Wildman–Crippen LogP) is 1.80. The van der Waals surface area contributed by atoms with Crippen molar-refractivity contribution in [2.45, 2.75) is 19.9 Å². The van der Waals surface area contributed by atoms with E-state index in [1.807, 2.05) is 19.9 Å². The van der Waals surface area contributed by atoms with Crippen LogP contribution in [-0.4, -0.2) is 17.6 Å². The van der Waals surface area contributed by atoms with Gasteiger partial charge in [0.25, 0.3) is 0 Å². The van der Waals surface area contributed by atoms with E-state index >= 15 is 0 Å². The fraction of sp³-hybridized carbons (Fsp3) is 0.444. The van der Waals surface area contributed by atoms with Crippen molar-refractivity contribution in [3.05, 3.63) is 23.0 Å². The second kappa shape index (κ2) is 4.44. The summed E-state index contributed by atoms with van der Waals surface area (Å²) in [4.78, 5) is 3.99. The number of nitrogens with zero attached hydrogens (tertiary/aromatic N) is 1. The van der Waals surface area contributed by atoms with Crippen LogP contribution in [0, 0.1) is 6.92 Å². The van der Waals surface area contributed by atoms with Gasteiger partial charge in [0.2, 0.25) is 0 Å². The number of anilines is 1. The third-order valence-corrected chi connectivity index (χ3v) is 2.04. The molecule has 1 atom stereocenters. The zero-order valence-electron chi connectivity index (χ0n) is 7.84. The van der Waals surface area contributed by atoms with E-state index < -0.39 is 0 Å². The SMILES string of the molecule is Cc1cc(Cl)ncc1NC(C)CN. The van der Waals surface area contributed by atoms with E-state index in [0.29, 0.717) is 11.7 Å². The van der Waals surface area contributed by atoms with E-state index in [2.05, 4.69) is 10.3 Å². The number of rotatable bonds is 3. The molecule has 1 unspecified atom stereocenters. The Morgan fingerprint density at radius 1 is 1.69 bits per heavy atom. The van der Waals surface area contributed by atoms with Gasteiger partial charge in [-0.05, 0) is 25.5 Å². The molecule has 0 spiro atoms. The summed E-state index contributed by atoms with van der Waals surface area (Å²) in [5.41, 5.74) is 7.56. The lowest BCUT2D eigenvalue weighted by Gasteiger charge is -2.14. The minimum atomic E-state index is 0.252. The van der Waals surface area contributed by atoms with Gasteiger partial charge in [0.1, 0.15) is 5.15 Å². The molecule has 0 saturated carbocycles. The summed E-state index contributed by atoms with van der Waals surface area (Å²) in [6, 6.07) is 2.08. The molecule has 0 saturated heterocycles. The number of halogens is 1. The number of nitrogens with one attached hydrogen (secondary N) is 1. The molecule has 0 aliphatic carbocycles. The fourth-order valence-electron chi connectivity index (χ4n) is 0.997. The van der Waals surface area contributed by atoms with Crippen LogP contribution in [-0.2, 0) is 0 Å². The van der Waals surface area contributed by atoms with Crippen LogP contribution in [0.2, 0.25) is 5.15 Å². The van der Waals surface area contributed by atoms with Gasteiger partial charge in [-0.2, -0.15) is 0 Å². The molecule has 1 rings (SSSR count). The Morgan fingerprint density at radius 2 is 2.38 bits per heavy atom. The van der Waals surface area contributed by atoms with E-state index in [9.17, 15) is 0 Å². The molecule has 3 N–H and O–H groups in total. The third kappa shape index (κ3) is 2.86. The average Bonchev–Trinajstić information content (AvgIpc) is 2.09. The summed E-state index contributed by atoms with van der Waals surface area (Å²) in [5, 5.41) is 3.76. The maximum absolute atomic E-state index is 5.72. The number of aryl methyl sites for hydroxylation is 1. The second-order valence-electron chi connectivity index (χ2n) is 3.10. The van der Waals surface area contributed by atoms with Crippen molar-refractivity contribution in [3.8, 4) is 0 Å². The summed E-state index contributed by atoms with van der Waals surface area (Å²) in [6.45, 7) is 4.61. The average molecular weight is 200 g/mol. The van der Waals surface area contributed by atoms with Crippen molar-refractivity contribution in [1.82, 2.24) is 4.98 Å². The summed E-state index contributed by atoms with van der Waals surface area (Å²) < 4.78 is 0. The van der Waals surface area contributed by atoms with Gasteiger partial charge in [-0.25, -0.2) is 4.98 Å². The lowest BCUT2D eigenvalue weighted by molar-refractivity contribution is 0.802. The first-order chi connectivity index (χ1) is 6.13. The maximum atomic E-state index is 5.72. The minimum Gasteiger partial charge on any atom is -0.380 e. The van der Waals surface area contributed by atoms with Gasteiger partial charge in [-0.3, -0.25) is 0 Å². The standard InChI is InChI=1S/C9H14ClN3/c1-6-3-9(10)12-5-8(6)13-7(2)4-11/h3,5,7,13H,4,11H2,1-2H3. The fourth-order valence-corrected chi connectivity index (χ4v) is 1.21. The van der Waals surface area contributed by atoms with Crippen molar-refractivity contribution >= 4 is 17.3 Å². The van der Waals surface area contributed by atoms with E-state index in [4.69, 9.17) is 17.3 Å². The Morgan fingerprint density at radius 3 is 2.92 bits per heavy atom. The Bertz CT molecular complexity index is 288. The van der Waals surface area contributed by atoms with Crippen molar-refractivity contribution in [3.63, 3.8) is 0 Å². The Kier molecular flexibility index (Phi) is 3.51. The van der Waals surface area contributed by atoms with Crippen LogP contribution in [0.15, 0.2) is 12.3 Å². The van der Waals surface area contributed by atoms with Crippen LogP contribution < -0.4 is 11.1 Å². The smallest absolute Gasteiger partial charge is 0.129 e. The van der Waals surface area contributed by atoms with Crippen molar-refractivity contribution < 1.29 is 0 Å². The molecule has 0 fully saturated rings. The lowest BCUT2D eigenvalue weighted by Crippen LogP contribution is -2.25. The van der Waals surface area contributed by atoms with Crippen LogP contribution >= 0.6 is 11.6 Å². The predicted molar refractivity (Wildman–Crippen MR) is 56.1 cm³/mol. The number of hydrogen-bond donors (Lipinski definition) is 2. The molecule has 3 nitrogen and oxygen atoms in total. The number of nitrogens with two attached hydrogens (primary N) is 1. The van der Waals surface area contributed by atoms with Crippen LogP contribution in [0.4, 0.5) is 5.69 Å². The molecule has 0 radical (unpaired) electrons.